The first kappa shape index (κ1) is 19.1. The van der Waals surface area contributed by atoms with Gasteiger partial charge >= 0.3 is 0 Å². The molecular formula is C26H25N5O. The fourth-order valence-electron chi connectivity index (χ4n) is 4.59. The van der Waals surface area contributed by atoms with Crippen molar-refractivity contribution in [3.63, 3.8) is 0 Å². The fourth-order valence-corrected chi connectivity index (χ4v) is 4.59. The molecule has 0 aliphatic carbocycles. The van der Waals surface area contributed by atoms with Crippen molar-refractivity contribution in [2.75, 3.05) is 36.9 Å². The summed E-state index contributed by atoms with van der Waals surface area (Å²) in [5.74, 6) is 2.26. The lowest BCUT2D eigenvalue weighted by molar-refractivity contribution is 0.238. The second-order valence-corrected chi connectivity index (χ2v) is 8.34. The van der Waals surface area contributed by atoms with E-state index >= 15 is 0 Å². The van der Waals surface area contributed by atoms with Crippen LogP contribution in [-0.2, 0) is 0 Å². The number of nitrogens with one attached hydrogen (secondary N) is 2. The summed E-state index contributed by atoms with van der Waals surface area (Å²) in [6.45, 7) is 4.11. The predicted octanol–water partition coefficient (Wildman–Crippen LogP) is 5.57. The van der Waals surface area contributed by atoms with Crippen LogP contribution >= 0.6 is 0 Å². The molecule has 0 unspecified atom stereocenters. The van der Waals surface area contributed by atoms with Gasteiger partial charge in [0.15, 0.2) is 0 Å². The molecule has 2 aliphatic rings. The van der Waals surface area contributed by atoms with Crippen LogP contribution in [0.3, 0.4) is 0 Å². The largest absolute Gasteiger partial charge is 0.492 e. The molecule has 6 heteroatoms. The van der Waals surface area contributed by atoms with Crippen molar-refractivity contribution in [2.24, 2.45) is 0 Å². The molecule has 3 aromatic carbocycles. The summed E-state index contributed by atoms with van der Waals surface area (Å²) < 4.78 is 5.90. The van der Waals surface area contributed by atoms with Crippen LogP contribution < -0.4 is 15.4 Å². The quantitative estimate of drug-likeness (QED) is 0.372. The van der Waals surface area contributed by atoms with Gasteiger partial charge in [-0.15, -0.1) is 0 Å². The van der Waals surface area contributed by atoms with E-state index in [9.17, 15) is 0 Å². The van der Waals surface area contributed by atoms with Crippen LogP contribution in [0.15, 0.2) is 66.9 Å². The minimum atomic E-state index is 0.561. The fraction of sp³-hybridized carbons (Fsp3) is 0.231. The molecule has 2 N–H and O–H groups in total. The maximum absolute atomic E-state index is 5.90. The molecule has 1 aromatic heterocycles. The molecule has 1 fully saturated rings. The molecule has 0 atom stereocenters. The van der Waals surface area contributed by atoms with E-state index in [0.717, 1.165) is 47.2 Å². The first-order valence-electron chi connectivity index (χ1n) is 11.2. The maximum Gasteiger partial charge on any atom is 0.229 e. The van der Waals surface area contributed by atoms with E-state index in [0.29, 0.717) is 5.95 Å². The average molecular weight is 424 g/mol. The van der Waals surface area contributed by atoms with Crippen molar-refractivity contribution in [3.8, 4) is 16.9 Å². The molecule has 0 saturated carbocycles. The van der Waals surface area contributed by atoms with Crippen molar-refractivity contribution in [1.82, 2.24) is 14.9 Å². The smallest absolute Gasteiger partial charge is 0.229 e. The van der Waals surface area contributed by atoms with Crippen LogP contribution in [0.1, 0.15) is 12.8 Å². The lowest BCUT2D eigenvalue weighted by atomic mass is 9.95. The lowest BCUT2D eigenvalue weighted by Gasteiger charge is -2.21. The summed E-state index contributed by atoms with van der Waals surface area (Å²) in [6.07, 6.45) is 4.50. The van der Waals surface area contributed by atoms with Gasteiger partial charge in [0, 0.05) is 35.1 Å². The van der Waals surface area contributed by atoms with Crippen LogP contribution in [0.5, 0.6) is 5.75 Å². The van der Waals surface area contributed by atoms with Crippen molar-refractivity contribution in [2.45, 2.75) is 12.8 Å². The van der Waals surface area contributed by atoms with Gasteiger partial charge in [-0.25, -0.2) is 4.98 Å². The molecule has 0 radical (unpaired) electrons. The Hall–Kier alpha value is -3.64. The van der Waals surface area contributed by atoms with Crippen LogP contribution in [0, 0.1) is 0 Å². The van der Waals surface area contributed by atoms with Crippen LogP contribution in [0.2, 0.25) is 0 Å². The minimum absolute atomic E-state index is 0.561. The number of anilines is 4. The third-order valence-electron chi connectivity index (χ3n) is 6.22. The zero-order valence-electron chi connectivity index (χ0n) is 17.8. The number of fused-ring (bicyclic) bond motifs is 2. The van der Waals surface area contributed by atoms with Gasteiger partial charge in [-0.05, 0) is 67.2 Å². The zero-order valence-corrected chi connectivity index (χ0v) is 17.8. The molecule has 0 amide bonds. The van der Waals surface area contributed by atoms with E-state index < -0.39 is 0 Å². The molecule has 6 nitrogen and oxygen atoms in total. The number of hydrogen-bond acceptors (Lipinski definition) is 6. The van der Waals surface area contributed by atoms with Crippen molar-refractivity contribution in [1.29, 1.82) is 0 Å². The highest BCUT2D eigenvalue weighted by Gasteiger charge is 2.19. The van der Waals surface area contributed by atoms with Gasteiger partial charge in [0.25, 0.3) is 0 Å². The number of nitrogens with zero attached hydrogens (tertiary/aromatic N) is 3. The van der Waals surface area contributed by atoms with E-state index in [1.807, 2.05) is 30.5 Å². The summed E-state index contributed by atoms with van der Waals surface area (Å²) in [4.78, 5) is 11.8. The Balaban J connectivity index is 1.16. The maximum atomic E-state index is 5.90. The highest BCUT2D eigenvalue weighted by Crippen LogP contribution is 2.42. The third kappa shape index (κ3) is 3.63. The Morgan fingerprint density at radius 1 is 0.938 bits per heavy atom. The Morgan fingerprint density at radius 2 is 1.75 bits per heavy atom. The van der Waals surface area contributed by atoms with Gasteiger partial charge in [0.1, 0.15) is 18.2 Å². The number of ether oxygens (including phenoxy) is 1. The standard InChI is InChI=1S/C26H25N5O/c1-2-14-31(13-1)15-16-32-20-11-9-19(10-12-20)28-26-27-17-22-21-7-3-5-18-6-4-8-23(24(18)21)29-25(22)30-26/h3-12,17H,1-2,13-16H2,(H2,27,28,29,30). The van der Waals surface area contributed by atoms with Gasteiger partial charge in [0.2, 0.25) is 5.95 Å². The second-order valence-electron chi connectivity index (χ2n) is 8.34. The van der Waals surface area contributed by atoms with Gasteiger partial charge in [0.05, 0.1) is 0 Å². The van der Waals surface area contributed by atoms with E-state index in [1.165, 1.54) is 36.7 Å². The Labute approximate surface area is 187 Å². The van der Waals surface area contributed by atoms with Crippen LogP contribution in [0.25, 0.3) is 21.9 Å². The highest BCUT2D eigenvalue weighted by atomic mass is 16.5. The van der Waals surface area contributed by atoms with Gasteiger partial charge in [-0.2, -0.15) is 4.98 Å². The Kier molecular flexibility index (Phi) is 4.85. The van der Waals surface area contributed by atoms with E-state index in [1.54, 1.807) is 0 Å². The molecule has 3 heterocycles. The molecule has 0 bridgehead atoms. The average Bonchev–Trinajstić information content (AvgIpc) is 3.34. The van der Waals surface area contributed by atoms with Gasteiger partial charge in [-0.3, -0.25) is 4.90 Å². The number of rotatable bonds is 6. The molecule has 160 valence electrons. The molecule has 4 aromatic rings. The summed E-state index contributed by atoms with van der Waals surface area (Å²) in [6, 6.07) is 20.6. The van der Waals surface area contributed by atoms with Crippen molar-refractivity contribution >= 4 is 33.9 Å². The predicted molar refractivity (Wildman–Crippen MR) is 129 cm³/mol. The normalized spacial score (nSPS) is 14.8. The molecule has 32 heavy (non-hydrogen) atoms. The van der Waals surface area contributed by atoms with Crippen LogP contribution in [0.4, 0.5) is 23.1 Å². The Morgan fingerprint density at radius 3 is 2.59 bits per heavy atom. The molecule has 0 spiro atoms. The van der Waals surface area contributed by atoms with E-state index in [2.05, 4.69) is 56.9 Å². The van der Waals surface area contributed by atoms with Gasteiger partial charge < -0.3 is 15.4 Å². The zero-order chi connectivity index (χ0) is 21.3. The highest BCUT2D eigenvalue weighted by molar-refractivity contribution is 6.10. The molecule has 2 aliphatic heterocycles. The second kappa shape index (κ2) is 8.13. The summed E-state index contributed by atoms with van der Waals surface area (Å²) in [5, 5.41) is 9.20. The number of benzene rings is 3. The summed E-state index contributed by atoms with van der Waals surface area (Å²) in [5.41, 5.74) is 4.18. The molecule has 6 rings (SSSR count). The van der Waals surface area contributed by atoms with Crippen molar-refractivity contribution in [3.05, 3.63) is 66.9 Å². The molecular weight excluding hydrogens is 398 g/mol. The monoisotopic (exact) mass is 423 g/mol. The first-order chi connectivity index (χ1) is 15.8. The van der Waals surface area contributed by atoms with E-state index in [4.69, 9.17) is 9.72 Å². The van der Waals surface area contributed by atoms with Crippen molar-refractivity contribution < 1.29 is 4.74 Å². The number of aromatic nitrogens is 2. The Bertz CT molecular complexity index is 1260. The number of likely N-dealkylation sites (tertiary alicyclic amines) is 1. The number of hydrogen-bond donors (Lipinski definition) is 2. The van der Waals surface area contributed by atoms with Crippen LogP contribution in [-0.4, -0.2) is 41.1 Å². The van der Waals surface area contributed by atoms with E-state index in [-0.39, 0.29) is 0 Å². The summed E-state index contributed by atoms with van der Waals surface area (Å²) in [7, 11) is 0. The first-order valence-corrected chi connectivity index (χ1v) is 11.2. The SMILES string of the molecule is c1cc2c3c(cccc3c1)-c1cnc(Nc3ccc(OCCN4CCCC4)cc3)nc1N2. The lowest BCUT2D eigenvalue weighted by Crippen LogP contribution is -2.25. The minimum Gasteiger partial charge on any atom is -0.492 e. The summed E-state index contributed by atoms with van der Waals surface area (Å²) >= 11 is 0. The third-order valence-corrected chi connectivity index (χ3v) is 6.22. The molecule has 1 saturated heterocycles. The van der Waals surface area contributed by atoms with Gasteiger partial charge in [-0.1, -0.05) is 30.3 Å². The topological polar surface area (TPSA) is 62.3 Å².